The second-order valence-electron chi connectivity index (χ2n) is 6.61. The first-order chi connectivity index (χ1) is 12.2. The topological polar surface area (TPSA) is 16.8 Å². The van der Waals surface area contributed by atoms with E-state index in [0.717, 1.165) is 28.0 Å². The summed E-state index contributed by atoms with van der Waals surface area (Å²) in [6, 6.07) is 27.3. The summed E-state index contributed by atoms with van der Waals surface area (Å²) < 4.78 is 2.17. The van der Waals surface area contributed by atoms with Crippen molar-refractivity contribution in [3.05, 3.63) is 90.6 Å². The third-order valence-electron chi connectivity index (χ3n) is 4.51. The van der Waals surface area contributed by atoms with Gasteiger partial charge in [0.05, 0.1) is 10.9 Å². The molecule has 1 heterocycles. The van der Waals surface area contributed by atoms with Crippen molar-refractivity contribution in [2.24, 2.45) is 0 Å². The zero-order valence-corrected chi connectivity index (χ0v) is 14.6. The predicted molar refractivity (Wildman–Crippen MR) is 103 cm³/mol. The number of nitrogens with zero attached hydrogens (tertiary/aromatic N) is 2. The molecule has 0 amide bonds. The Hall–Kier alpha value is -3.00. The maximum Gasteiger partial charge on any atom is 0.336 e. The first kappa shape index (κ1) is 15.5. The van der Waals surface area contributed by atoms with Gasteiger partial charge in [-0.2, -0.15) is 4.57 Å². The van der Waals surface area contributed by atoms with Gasteiger partial charge in [-0.1, -0.05) is 56.3 Å². The van der Waals surface area contributed by atoms with E-state index in [4.69, 9.17) is 4.98 Å². The van der Waals surface area contributed by atoms with Crippen molar-refractivity contribution in [1.82, 2.24) is 4.98 Å². The highest BCUT2D eigenvalue weighted by atomic mass is 15.0. The molecule has 0 aliphatic heterocycles. The zero-order chi connectivity index (χ0) is 17.2. The van der Waals surface area contributed by atoms with Crippen molar-refractivity contribution >= 4 is 10.9 Å². The third-order valence-corrected chi connectivity index (χ3v) is 4.51. The molecule has 0 atom stereocenters. The largest absolute Gasteiger partial charge is 0.336 e. The van der Waals surface area contributed by atoms with Gasteiger partial charge in [-0.15, -0.1) is 0 Å². The molecule has 1 aromatic heterocycles. The van der Waals surface area contributed by atoms with Crippen LogP contribution >= 0.6 is 0 Å². The van der Waals surface area contributed by atoms with Gasteiger partial charge in [-0.25, -0.2) is 0 Å². The molecule has 4 aromatic rings. The van der Waals surface area contributed by atoms with Gasteiger partial charge < -0.3 is 0 Å². The molecule has 0 saturated carbocycles. The van der Waals surface area contributed by atoms with Gasteiger partial charge in [0.15, 0.2) is 5.52 Å². The highest BCUT2D eigenvalue weighted by Crippen LogP contribution is 2.22. The molecular weight excluding hydrogens is 304 g/mol. The van der Waals surface area contributed by atoms with E-state index in [2.05, 4.69) is 91.3 Å². The molecule has 0 bridgehead atoms. The first-order valence-electron chi connectivity index (χ1n) is 8.69. The summed E-state index contributed by atoms with van der Waals surface area (Å²) >= 11 is 0. The number of para-hydroxylation sites is 1. The standard InChI is InChI=1S/C23H21N2/c1-17(2)19-13-14-20-16-25(21-11-7-4-8-12-21)23(24-22(20)15-19)18-9-5-3-6-10-18/h3-17H,1-2H3/q+1. The average Bonchev–Trinajstić information content (AvgIpc) is 2.68. The summed E-state index contributed by atoms with van der Waals surface area (Å²) in [6.45, 7) is 4.43. The lowest BCUT2D eigenvalue weighted by Gasteiger charge is -2.08. The Morgan fingerprint density at radius 3 is 2.16 bits per heavy atom. The van der Waals surface area contributed by atoms with E-state index < -0.39 is 0 Å². The van der Waals surface area contributed by atoms with Crippen LogP contribution in [0.15, 0.2) is 85.1 Å². The molecule has 0 N–H and O–H groups in total. The van der Waals surface area contributed by atoms with Crippen LogP contribution in [0.1, 0.15) is 25.3 Å². The van der Waals surface area contributed by atoms with Crippen molar-refractivity contribution in [3.8, 4) is 17.1 Å². The maximum atomic E-state index is 5.03. The summed E-state index contributed by atoms with van der Waals surface area (Å²) in [4.78, 5) is 5.03. The van der Waals surface area contributed by atoms with Crippen molar-refractivity contribution in [1.29, 1.82) is 0 Å². The Morgan fingerprint density at radius 1 is 0.800 bits per heavy atom. The minimum atomic E-state index is 0.493. The third kappa shape index (κ3) is 3.03. The van der Waals surface area contributed by atoms with Crippen LogP contribution in [0.3, 0.4) is 0 Å². The van der Waals surface area contributed by atoms with Crippen LogP contribution in [0.5, 0.6) is 0 Å². The Labute approximate surface area is 148 Å². The quantitative estimate of drug-likeness (QED) is 0.467. The summed E-state index contributed by atoms with van der Waals surface area (Å²) in [5.74, 6) is 1.45. The van der Waals surface area contributed by atoms with E-state index in [-0.39, 0.29) is 0 Å². The van der Waals surface area contributed by atoms with Crippen LogP contribution in [0.25, 0.3) is 28.0 Å². The van der Waals surface area contributed by atoms with E-state index in [0.29, 0.717) is 5.92 Å². The lowest BCUT2D eigenvalue weighted by molar-refractivity contribution is -0.585. The second kappa shape index (κ2) is 6.48. The molecule has 122 valence electrons. The Kier molecular flexibility index (Phi) is 4.02. The van der Waals surface area contributed by atoms with Gasteiger partial charge in [0.1, 0.15) is 11.9 Å². The van der Waals surface area contributed by atoms with Crippen LogP contribution in [0, 0.1) is 0 Å². The molecular formula is C23H21N2+. The molecule has 0 saturated heterocycles. The van der Waals surface area contributed by atoms with Gasteiger partial charge in [0.25, 0.3) is 0 Å². The van der Waals surface area contributed by atoms with Gasteiger partial charge >= 0.3 is 5.82 Å². The first-order valence-corrected chi connectivity index (χ1v) is 8.69. The lowest BCUT2D eigenvalue weighted by Crippen LogP contribution is -2.34. The van der Waals surface area contributed by atoms with Gasteiger partial charge in [0, 0.05) is 0 Å². The SMILES string of the molecule is CC(C)c1ccc2c[n+](-c3ccccc3)c(-c3ccccc3)nc2c1. The van der Waals surface area contributed by atoms with Crippen molar-refractivity contribution in [3.63, 3.8) is 0 Å². The number of aromatic nitrogens is 2. The molecule has 0 radical (unpaired) electrons. The minimum absolute atomic E-state index is 0.493. The van der Waals surface area contributed by atoms with Crippen molar-refractivity contribution in [2.75, 3.05) is 0 Å². The van der Waals surface area contributed by atoms with E-state index in [1.807, 2.05) is 12.1 Å². The molecule has 2 heteroatoms. The summed E-state index contributed by atoms with van der Waals surface area (Å²) in [7, 11) is 0. The number of rotatable bonds is 3. The number of hydrogen-bond donors (Lipinski definition) is 0. The smallest absolute Gasteiger partial charge is 0.195 e. The fraction of sp³-hybridized carbons (Fsp3) is 0.130. The second-order valence-corrected chi connectivity index (χ2v) is 6.61. The van der Waals surface area contributed by atoms with Crippen LogP contribution in [0.2, 0.25) is 0 Å². The molecule has 0 spiro atoms. The molecule has 0 aliphatic rings. The normalized spacial score (nSPS) is 11.2. The Morgan fingerprint density at radius 2 is 1.48 bits per heavy atom. The summed E-state index contributed by atoms with van der Waals surface area (Å²) in [6.07, 6.45) is 2.18. The van der Waals surface area contributed by atoms with E-state index in [1.165, 1.54) is 5.56 Å². The molecule has 0 unspecified atom stereocenters. The van der Waals surface area contributed by atoms with E-state index in [9.17, 15) is 0 Å². The number of fused-ring (bicyclic) bond motifs is 1. The Balaban J connectivity index is 2.00. The van der Waals surface area contributed by atoms with Crippen molar-refractivity contribution < 1.29 is 4.57 Å². The van der Waals surface area contributed by atoms with Gasteiger partial charge in [-0.3, -0.25) is 0 Å². The monoisotopic (exact) mass is 325 g/mol. The fourth-order valence-corrected chi connectivity index (χ4v) is 3.07. The maximum absolute atomic E-state index is 5.03. The van der Waals surface area contributed by atoms with Gasteiger partial charge in [-0.05, 0) is 52.9 Å². The van der Waals surface area contributed by atoms with Crippen molar-refractivity contribution in [2.45, 2.75) is 19.8 Å². The number of hydrogen-bond acceptors (Lipinski definition) is 1. The summed E-state index contributed by atoms with van der Waals surface area (Å²) in [5.41, 5.74) is 4.58. The number of benzene rings is 3. The molecule has 0 aliphatic carbocycles. The van der Waals surface area contributed by atoms with Crippen LogP contribution in [-0.2, 0) is 0 Å². The predicted octanol–water partition coefficient (Wildman–Crippen LogP) is 5.30. The summed E-state index contributed by atoms with van der Waals surface area (Å²) in [5, 5.41) is 1.15. The van der Waals surface area contributed by atoms with E-state index >= 15 is 0 Å². The highest BCUT2D eigenvalue weighted by Gasteiger charge is 2.19. The van der Waals surface area contributed by atoms with Crippen LogP contribution in [0.4, 0.5) is 0 Å². The molecule has 2 nitrogen and oxygen atoms in total. The Bertz CT molecular complexity index is 1010. The fourth-order valence-electron chi connectivity index (χ4n) is 3.07. The highest BCUT2D eigenvalue weighted by molar-refractivity contribution is 5.79. The van der Waals surface area contributed by atoms with Crippen LogP contribution < -0.4 is 4.57 Å². The van der Waals surface area contributed by atoms with E-state index in [1.54, 1.807) is 0 Å². The molecule has 4 rings (SSSR count). The molecule has 0 fully saturated rings. The zero-order valence-electron chi connectivity index (χ0n) is 14.6. The average molecular weight is 325 g/mol. The molecule has 3 aromatic carbocycles. The molecule has 25 heavy (non-hydrogen) atoms. The minimum Gasteiger partial charge on any atom is -0.195 e. The van der Waals surface area contributed by atoms with Gasteiger partial charge in [0.2, 0.25) is 0 Å². The van der Waals surface area contributed by atoms with Crippen LogP contribution in [-0.4, -0.2) is 4.98 Å². The lowest BCUT2D eigenvalue weighted by atomic mass is 10.0.